The fourth-order valence-electron chi connectivity index (χ4n) is 4.59. The molecule has 1 radical (unpaired) electrons. The van der Waals surface area contributed by atoms with Gasteiger partial charge in [-0.05, 0) is 63.3 Å². The summed E-state index contributed by atoms with van der Waals surface area (Å²) >= 11 is -0.887. The molecule has 0 atom stereocenters. The molecule has 0 unspecified atom stereocenters. The normalized spacial score (nSPS) is 13.5. The molecule has 0 fully saturated rings. The highest BCUT2D eigenvalue weighted by molar-refractivity contribution is 6.21. The highest BCUT2D eigenvalue weighted by Gasteiger charge is 2.28. The van der Waals surface area contributed by atoms with Crippen LogP contribution in [0, 0.1) is 0 Å². The summed E-state index contributed by atoms with van der Waals surface area (Å²) in [6, 6.07) is 16.5. The minimum atomic E-state index is -0.887. The standard InChI is InChI=1S/C34H41N3O2.Al/c1-32(2,3)25-17-24(31(39)27(18-25)34(7,8)9)21-37-29-14-12-11-13-28(29)36-20-23-15-22(19-35-10)16-26(30(23)38)33(4,5)6;/h11-21,39H,10H2,1-9H3;/q;+2/p-1. The molecule has 1 aliphatic heterocycles. The van der Waals surface area contributed by atoms with Gasteiger partial charge in [-0.3, -0.25) is 9.98 Å². The molecule has 4 rings (SSSR count). The van der Waals surface area contributed by atoms with Crippen LogP contribution in [0.2, 0.25) is 0 Å². The molecular formula is C34H40AlN3O2+. The summed E-state index contributed by atoms with van der Waals surface area (Å²) in [6.07, 6.45) is 5.51. The lowest BCUT2D eigenvalue weighted by atomic mass is 9.79. The van der Waals surface area contributed by atoms with Gasteiger partial charge < -0.3 is 7.58 Å². The van der Waals surface area contributed by atoms with Gasteiger partial charge in [-0.15, -0.1) is 4.67 Å². The molecule has 0 spiro atoms. The van der Waals surface area contributed by atoms with E-state index in [1.807, 2.05) is 42.8 Å². The molecular weight excluding hydrogens is 509 g/mol. The molecule has 40 heavy (non-hydrogen) atoms. The summed E-state index contributed by atoms with van der Waals surface area (Å²) in [5.41, 5.74) is 7.34. The second-order valence-electron chi connectivity index (χ2n) is 13.3. The predicted molar refractivity (Wildman–Crippen MR) is 171 cm³/mol. The number of nitrogens with zero attached hydrogens (tertiary/aromatic N) is 3. The van der Waals surface area contributed by atoms with E-state index in [-0.39, 0.29) is 16.2 Å². The summed E-state index contributed by atoms with van der Waals surface area (Å²) < 4.78 is 17.2. The lowest BCUT2D eigenvalue weighted by Gasteiger charge is -2.29. The van der Waals surface area contributed by atoms with Gasteiger partial charge in [0.15, 0.2) is 0 Å². The average Bonchev–Trinajstić information content (AvgIpc) is 2.86. The predicted octanol–water partition coefficient (Wildman–Crippen LogP) is 7.57. The van der Waals surface area contributed by atoms with Crippen molar-refractivity contribution < 1.29 is 7.58 Å². The van der Waals surface area contributed by atoms with Crippen LogP contribution in [-0.2, 0) is 16.2 Å². The third kappa shape index (κ3) is 6.65. The van der Waals surface area contributed by atoms with E-state index in [0.717, 1.165) is 50.7 Å². The maximum absolute atomic E-state index is 6.61. The van der Waals surface area contributed by atoms with Crippen LogP contribution < -0.4 is 12.2 Å². The molecule has 0 aromatic heterocycles. The van der Waals surface area contributed by atoms with Gasteiger partial charge >= 0.3 is 15.9 Å². The topological polar surface area (TPSA) is 57.3 Å². The van der Waals surface area contributed by atoms with Crippen molar-refractivity contribution in [3.63, 3.8) is 0 Å². The molecule has 3 aromatic carbocycles. The quantitative estimate of drug-likeness (QED) is 0.179. The van der Waals surface area contributed by atoms with Crippen LogP contribution >= 0.6 is 0 Å². The zero-order chi connectivity index (χ0) is 29.3. The fraction of sp³-hybridized carbons (Fsp3) is 0.353. The Kier molecular flexibility index (Phi) is 8.29. The Morgan fingerprint density at radius 2 is 1.20 bits per heavy atom. The molecule has 0 bridgehead atoms. The molecule has 205 valence electrons. The molecule has 0 N–H and O–H groups in total. The van der Waals surface area contributed by atoms with Gasteiger partial charge in [0, 0.05) is 23.6 Å². The van der Waals surface area contributed by atoms with E-state index in [9.17, 15) is 0 Å². The van der Waals surface area contributed by atoms with Crippen LogP contribution in [0.25, 0.3) is 0 Å². The van der Waals surface area contributed by atoms with E-state index >= 15 is 0 Å². The first-order chi connectivity index (χ1) is 18.7. The molecule has 0 saturated carbocycles. The molecule has 3 aromatic rings. The molecule has 6 heteroatoms. The highest BCUT2D eigenvalue weighted by atomic mass is 27.2. The Balaban J connectivity index is 2.00. The Hall–Kier alpha value is -3.42. The smallest absolute Gasteiger partial charge is 0.615 e. The van der Waals surface area contributed by atoms with Crippen LogP contribution in [0.5, 0.6) is 11.5 Å². The van der Waals surface area contributed by atoms with Crippen LogP contribution in [0.4, 0.5) is 11.4 Å². The van der Waals surface area contributed by atoms with Crippen molar-refractivity contribution in [3.05, 3.63) is 81.9 Å². The van der Waals surface area contributed by atoms with Crippen molar-refractivity contribution in [3.8, 4) is 11.5 Å². The van der Waals surface area contributed by atoms with E-state index in [1.54, 1.807) is 6.21 Å². The molecule has 5 nitrogen and oxygen atoms in total. The van der Waals surface area contributed by atoms with Gasteiger partial charge in [-0.25, -0.2) is 0 Å². The molecule has 0 aliphatic carbocycles. The lowest BCUT2D eigenvalue weighted by molar-refractivity contribution is 0.433. The van der Waals surface area contributed by atoms with Crippen LogP contribution in [0.3, 0.4) is 0 Å². The SMILES string of the molecule is C=[N+]=Cc1cc2c(c(C(C)(C)C)c1)[O][Al][O]c1c(cc(C(C)(C)C)cc1C(C)(C)C)C=Nc1ccccc1N=C2. The molecule has 1 aliphatic rings. The van der Waals surface area contributed by atoms with E-state index in [2.05, 4.69) is 91.9 Å². The largest absolute Gasteiger partial charge is 0.881 e. The first kappa shape index (κ1) is 29.6. The number of benzene rings is 3. The van der Waals surface area contributed by atoms with Crippen molar-refractivity contribution >= 4 is 52.6 Å². The monoisotopic (exact) mass is 549 g/mol. The van der Waals surface area contributed by atoms with Crippen molar-refractivity contribution in [1.29, 1.82) is 0 Å². The van der Waals surface area contributed by atoms with Gasteiger partial charge in [0.2, 0.25) is 0 Å². The first-order valence-electron chi connectivity index (χ1n) is 13.7. The average molecular weight is 550 g/mol. The maximum Gasteiger partial charge on any atom is 0.881 e. The summed E-state index contributed by atoms with van der Waals surface area (Å²) in [7, 11) is 0. The van der Waals surface area contributed by atoms with Crippen molar-refractivity contribution in [2.75, 3.05) is 0 Å². The molecule has 0 amide bonds. The van der Waals surface area contributed by atoms with Crippen molar-refractivity contribution in [2.45, 2.75) is 78.6 Å². The number of hydrogen-bond acceptors (Lipinski definition) is 4. The number of fused-ring (bicyclic) bond motifs is 3. The van der Waals surface area contributed by atoms with Gasteiger partial charge in [-0.1, -0.05) is 80.5 Å². The van der Waals surface area contributed by atoms with Gasteiger partial charge in [0.05, 0.1) is 28.4 Å². The molecule has 0 saturated heterocycles. The van der Waals surface area contributed by atoms with Crippen molar-refractivity contribution in [1.82, 2.24) is 4.67 Å². The highest BCUT2D eigenvalue weighted by Crippen LogP contribution is 2.40. The van der Waals surface area contributed by atoms with Crippen LogP contribution in [0.15, 0.2) is 58.5 Å². The minimum absolute atomic E-state index is 0.0365. The number of hydrogen-bond donors (Lipinski definition) is 0. The number of aliphatic imine (C=N–C) groups is 2. The van der Waals surface area contributed by atoms with E-state index in [1.165, 1.54) is 5.56 Å². The van der Waals surface area contributed by atoms with Crippen LogP contribution in [-0.4, -0.2) is 41.2 Å². The fourth-order valence-corrected chi connectivity index (χ4v) is 5.36. The number of rotatable bonds is 1. The third-order valence-corrected chi connectivity index (χ3v) is 7.54. The van der Waals surface area contributed by atoms with Crippen LogP contribution in [0.1, 0.15) is 95.7 Å². The summed E-state index contributed by atoms with van der Waals surface area (Å²) in [4.78, 5) is 9.80. The zero-order valence-corrected chi connectivity index (χ0v) is 26.4. The minimum Gasteiger partial charge on any atom is -0.615 e. The Bertz CT molecular complexity index is 1530. The van der Waals surface area contributed by atoms with E-state index < -0.39 is 15.9 Å². The van der Waals surface area contributed by atoms with Gasteiger partial charge in [0.1, 0.15) is 0 Å². The Labute approximate surface area is 246 Å². The van der Waals surface area contributed by atoms with E-state index in [0.29, 0.717) is 0 Å². The lowest BCUT2D eigenvalue weighted by Crippen LogP contribution is -2.23. The molecule has 1 heterocycles. The second-order valence-corrected chi connectivity index (χ2v) is 14.0. The second kappa shape index (κ2) is 11.2. The Morgan fingerprint density at radius 1 is 0.700 bits per heavy atom. The summed E-state index contributed by atoms with van der Waals surface area (Å²) in [5.74, 6) is 1.59. The zero-order valence-electron chi connectivity index (χ0n) is 25.3. The maximum atomic E-state index is 6.61. The van der Waals surface area contributed by atoms with Crippen molar-refractivity contribution in [2.24, 2.45) is 9.98 Å². The van der Waals surface area contributed by atoms with Gasteiger partial charge in [0.25, 0.3) is 12.9 Å². The Morgan fingerprint density at radius 3 is 1.68 bits per heavy atom. The third-order valence-electron chi connectivity index (χ3n) is 6.88. The number of para-hydroxylation sites is 2. The summed E-state index contributed by atoms with van der Waals surface area (Å²) in [5, 5.41) is 0. The van der Waals surface area contributed by atoms with Gasteiger partial charge in [-0.2, -0.15) is 0 Å². The first-order valence-corrected chi connectivity index (χ1v) is 14.6. The summed E-state index contributed by atoms with van der Waals surface area (Å²) in [6.45, 7) is 23.5. The van der Waals surface area contributed by atoms with E-state index in [4.69, 9.17) is 17.6 Å².